The number of aromatic hydroxyl groups is 3. The normalized spacial score (nSPS) is 33.6. The Morgan fingerprint density at radius 2 is 1.47 bits per heavy atom. The highest BCUT2D eigenvalue weighted by atomic mass is 16.7. The van der Waals surface area contributed by atoms with Crippen LogP contribution in [0.5, 0.6) is 28.7 Å². The van der Waals surface area contributed by atoms with E-state index in [0.29, 0.717) is 5.56 Å². The summed E-state index contributed by atoms with van der Waals surface area (Å²) in [5.74, 6) is -1.17. The van der Waals surface area contributed by atoms with Crippen LogP contribution in [0.2, 0.25) is 0 Å². The Bertz CT molecular complexity index is 1460. The lowest BCUT2D eigenvalue weighted by atomic mass is 9.98. The number of hydrogen-bond donors (Lipinski definition) is 9. The van der Waals surface area contributed by atoms with E-state index in [0.717, 1.165) is 13.0 Å². The smallest absolute Gasteiger partial charge is 0.302 e. The number of methoxy groups -OCH3 is 1. The monoisotopic (exact) mass is 669 g/mol. The number of aliphatic hydroxyl groups is 8. The van der Waals surface area contributed by atoms with E-state index in [1.807, 2.05) is 0 Å². The second-order valence-electron chi connectivity index (χ2n) is 11.1. The van der Waals surface area contributed by atoms with Crippen LogP contribution in [0.4, 0.5) is 0 Å². The molecule has 17 nitrogen and oxygen atoms in total. The third-order valence-electron chi connectivity index (χ3n) is 7.91. The van der Waals surface area contributed by atoms with Gasteiger partial charge in [-0.15, -0.1) is 0 Å². The van der Waals surface area contributed by atoms with Crippen LogP contribution in [0.15, 0.2) is 36.1 Å². The van der Waals surface area contributed by atoms with Crippen molar-refractivity contribution in [3.05, 3.63) is 47.2 Å². The summed E-state index contributed by atoms with van der Waals surface area (Å²) in [6.45, 7) is -0.0489. The fourth-order valence-corrected chi connectivity index (χ4v) is 5.35. The van der Waals surface area contributed by atoms with Crippen LogP contribution in [0.1, 0.15) is 24.2 Å². The van der Waals surface area contributed by atoms with E-state index in [1.54, 1.807) is 0 Å². The molecule has 0 spiro atoms. The average Bonchev–Trinajstić information content (AvgIpc) is 3.04. The zero-order valence-electron chi connectivity index (χ0n) is 25.1. The summed E-state index contributed by atoms with van der Waals surface area (Å²) >= 11 is 0. The highest BCUT2D eigenvalue weighted by molar-refractivity contribution is 5.70. The molecule has 47 heavy (non-hydrogen) atoms. The number of esters is 1. The highest BCUT2D eigenvalue weighted by Crippen LogP contribution is 2.47. The topological polar surface area (TPSA) is 267 Å². The molecule has 0 bridgehead atoms. The molecule has 11 atom stereocenters. The SMILES string of the molecule is COc1cc(C2[OH+]c3cc(O)cc(OC4OC(COC(C)=O)C(O)C(O)C4O)c3C=C2OC2OC(CO)C(O)C(O)C2O)ccc1O. The molecule has 2 aromatic rings. The van der Waals surface area contributed by atoms with Crippen LogP contribution in [0.25, 0.3) is 6.08 Å². The number of benzene rings is 2. The maximum atomic E-state index is 11.3. The molecular weight excluding hydrogens is 632 g/mol. The van der Waals surface area contributed by atoms with Gasteiger partial charge in [-0.05, 0) is 18.2 Å². The number of hydrogen-bond acceptors (Lipinski definition) is 16. The molecule has 3 heterocycles. The van der Waals surface area contributed by atoms with Gasteiger partial charge in [-0.1, -0.05) is 0 Å². The first-order valence-corrected chi connectivity index (χ1v) is 14.5. The molecule has 0 aliphatic carbocycles. The van der Waals surface area contributed by atoms with Gasteiger partial charge in [-0.3, -0.25) is 4.79 Å². The van der Waals surface area contributed by atoms with Crippen LogP contribution in [0, 0.1) is 0 Å². The summed E-state index contributed by atoms with van der Waals surface area (Å²) in [5.41, 5.74) is 0.528. The lowest BCUT2D eigenvalue weighted by molar-refractivity contribution is -0.295. The van der Waals surface area contributed by atoms with E-state index in [2.05, 4.69) is 4.74 Å². The van der Waals surface area contributed by atoms with Crippen LogP contribution in [0.3, 0.4) is 0 Å². The van der Waals surface area contributed by atoms with Crippen LogP contribution < -0.4 is 9.47 Å². The van der Waals surface area contributed by atoms with Crippen molar-refractivity contribution in [1.29, 1.82) is 0 Å². The Balaban J connectivity index is 1.53. The molecule has 258 valence electrons. The van der Waals surface area contributed by atoms with E-state index < -0.39 is 86.7 Å². The molecule has 2 saturated heterocycles. The van der Waals surface area contributed by atoms with Gasteiger partial charge in [0.1, 0.15) is 72.5 Å². The average molecular weight is 670 g/mol. The van der Waals surface area contributed by atoms with Crippen molar-refractivity contribution in [1.82, 2.24) is 0 Å². The van der Waals surface area contributed by atoms with E-state index in [-0.39, 0.29) is 40.1 Å². The Labute approximate surface area is 266 Å². The van der Waals surface area contributed by atoms with Gasteiger partial charge in [-0.25, -0.2) is 0 Å². The van der Waals surface area contributed by atoms with Gasteiger partial charge in [0.2, 0.25) is 12.6 Å². The van der Waals surface area contributed by atoms with E-state index in [9.17, 15) is 50.8 Å². The summed E-state index contributed by atoms with van der Waals surface area (Å²) in [7, 11) is 1.34. The van der Waals surface area contributed by atoms with Crippen LogP contribution in [-0.2, 0) is 23.7 Å². The molecule has 5 rings (SSSR count). The molecule has 0 saturated carbocycles. The maximum Gasteiger partial charge on any atom is 0.302 e. The minimum absolute atomic E-state index is 0.0431. The van der Waals surface area contributed by atoms with Crippen molar-refractivity contribution in [3.8, 4) is 28.7 Å². The van der Waals surface area contributed by atoms with E-state index in [1.165, 1.54) is 37.5 Å². The number of phenolic OH excluding ortho intramolecular Hbond substituents is 2. The lowest BCUT2D eigenvalue weighted by Crippen LogP contribution is -2.60. The third-order valence-corrected chi connectivity index (χ3v) is 7.91. The third kappa shape index (κ3) is 7.03. The molecule has 3 aliphatic heterocycles. The summed E-state index contributed by atoms with van der Waals surface area (Å²) in [6, 6.07) is 6.74. The first-order chi connectivity index (χ1) is 22.3. The van der Waals surface area contributed by atoms with Crippen molar-refractivity contribution in [2.45, 2.75) is 74.4 Å². The minimum Gasteiger partial charge on any atom is -0.571 e. The van der Waals surface area contributed by atoms with Crippen molar-refractivity contribution >= 4 is 12.0 Å². The van der Waals surface area contributed by atoms with E-state index in [4.69, 9.17) is 28.4 Å². The summed E-state index contributed by atoms with van der Waals surface area (Å²) in [5, 5.41) is 93.1. The van der Waals surface area contributed by atoms with Gasteiger partial charge in [0, 0.05) is 19.1 Å². The maximum absolute atomic E-state index is 11.3. The largest absolute Gasteiger partial charge is 0.571 e. The molecule has 2 fully saturated rings. The van der Waals surface area contributed by atoms with Gasteiger partial charge < -0.3 is 79.1 Å². The number of carbonyl (C=O) groups is 1. The zero-order valence-corrected chi connectivity index (χ0v) is 25.1. The van der Waals surface area contributed by atoms with Gasteiger partial charge in [0.05, 0.1) is 25.3 Å². The van der Waals surface area contributed by atoms with Crippen molar-refractivity contribution in [2.75, 3.05) is 20.3 Å². The minimum atomic E-state index is -1.80. The van der Waals surface area contributed by atoms with Gasteiger partial charge in [-0.2, -0.15) is 0 Å². The van der Waals surface area contributed by atoms with Crippen LogP contribution >= 0.6 is 0 Å². The van der Waals surface area contributed by atoms with Crippen LogP contribution in [-0.4, -0.2) is 138 Å². The summed E-state index contributed by atoms with van der Waals surface area (Å²) in [6.07, 6.45) is -15.9. The molecule has 2 aromatic carbocycles. The molecule has 0 aromatic heterocycles. The molecule has 0 radical (unpaired) electrons. The highest BCUT2D eigenvalue weighted by Gasteiger charge is 2.48. The second-order valence-corrected chi connectivity index (χ2v) is 11.1. The number of aliphatic hydroxyl groups excluding tert-OH is 7. The molecule has 3 aliphatic rings. The predicted molar refractivity (Wildman–Crippen MR) is 154 cm³/mol. The van der Waals surface area contributed by atoms with Crippen molar-refractivity contribution in [2.24, 2.45) is 0 Å². The quantitative estimate of drug-likeness (QED) is 0.103. The standard InChI is InChI=1S/C30H36O17/c1-11(32)42-10-21-23(36)25(38)27(40)29(47-21)44-17-7-13(33)6-16-14(17)8-19(28(43-16)12-3-4-15(34)18(5-12)41-2)45-30-26(39)24(37)22(35)20(9-31)46-30/h3-8,20-31,33-40H,9-10H2,1-2H3/p+1. The number of fused-ring (bicyclic) bond motifs is 1. The fourth-order valence-electron chi connectivity index (χ4n) is 5.35. The molecule has 0 amide bonds. The predicted octanol–water partition coefficient (Wildman–Crippen LogP) is -1.99. The fraction of sp³-hybridized carbons (Fsp3) is 0.500. The first kappa shape index (κ1) is 34.4. The summed E-state index contributed by atoms with van der Waals surface area (Å²) in [4.78, 5) is 11.3. The van der Waals surface area contributed by atoms with Gasteiger partial charge >= 0.3 is 5.97 Å². The first-order valence-electron chi connectivity index (χ1n) is 14.5. The second kappa shape index (κ2) is 14.1. The summed E-state index contributed by atoms with van der Waals surface area (Å²) < 4.78 is 37.8. The molecule has 17 heteroatoms. The number of rotatable bonds is 9. The van der Waals surface area contributed by atoms with Gasteiger partial charge in [0.25, 0.3) is 11.9 Å². The number of carbonyl (C=O) groups excluding carboxylic acids is 1. The Morgan fingerprint density at radius 3 is 2.11 bits per heavy atom. The molecular formula is C30H37O17+. The van der Waals surface area contributed by atoms with Gasteiger partial charge in [0.15, 0.2) is 17.3 Å². The Kier molecular flexibility index (Phi) is 10.3. The lowest BCUT2D eigenvalue weighted by Gasteiger charge is -2.41. The number of phenols is 2. The molecule has 11 unspecified atom stereocenters. The van der Waals surface area contributed by atoms with E-state index >= 15 is 0 Å². The van der Waals surface area contributed by atoms with Crippen molar-refractivity contribution in [3.63, 3.8) is 0 Å². The Morgan fingerprint density at radius 1 is 0.830 bits per heavy atom. The number of ether oxygens (including phenoxy) is 7. The Hall–Kier alpha value is -3.91. The van der Waals surface area contributed by atoms with Crippen molar-refractivity contribution < 1.29 is 83.9 Å². The molecule has 10 N–H and O–H groups in total. The zero-order chi connectivity index (χ0) is 34.2.